The standard InChI is InChI=1S/C32H32F6N6O6S/c1-29(2,3)50-28(46)40-23-13-31(34,35)21-12-22(33)20(25-41-42-27(49-25)30(4,5)51(6,47)48)11-24(21)43(26(23)45)15-17-7-9-19(10-8-17)44-16-18(14-39-44)32(36,37)38/h7-12,14,16,23H,13,15H2,1-6H3,(H,40,46)/t23-/m0/s1. The summed E-state index contributed by atoms with van der Waals surface area (Å²) in [5.41, 5.74) is -3.48. The van der Waals surface area contributed by atoms with E-state index in [0.29, 0.717) is 17.8 Å². The molecule has 0 bridgehead atoms. The first-order valence-electron chi connectivity index (χ1n) is 15.2. The van der Waals surface area contributed by atoms with Gasteiger partial charge in [0.15, 0.2) is 9.84 Å². The van der Waals surface area contributed by atoms with Gasteiger partial charge >= 0.3 is 12.3 Å². The number of ether oxygens (including phenoxy) is 1. The first kappa shape index (κ1) is 37.3. The van der Waals surface area contributed by atoms with Crippen LogP contribution >= 0.6 is 0 Å². The van der Waals surface area contributed by atoms with Gasteiger partial charge in [-0.15, -0.1) is 10.2 Å². The number of hydrogen-bond acceptors (Lipinski definition) is 9. The van der Waals surface area contributed by atoms with Gasteiger partial charge in [0.2, 0.25) is 11.8 Å². The predicted molar refractivity (Wildman–Crippen MR) is 169 cm³/mol. The number of nitrogens with one attached hydrogen (secondary N) is 1. The van der Waals surface area contributed by atoms with Gasteiger partial charge in [-0.2, -0.15) is 18.3 Å². The highest BCUT2D eigenvalue weighted by atomic mass is 32.2. The number of aromatic nitrogens is 4. The Morgan fingerprint density at radius 2 is 1.73 bits per heavy atom. The largest absolute Gasteiger partial charge is 0.444 e. The van der Waals surface area contributed by atoms with Gasteiger partial charge in [-0.1, -0.05) is 12.1 Å². The molecule has 19 heteroatoms. The summed E-state index contributed by atoms with van der Waals surface area (Å²) in [7, 11) is -3.82. The number of carbonyl (C=O) groups excluding carboxylic acids is 2. The van der Waals surface area contributed by atoms with Crippen LogP contribution in [0.4, 0.5) is 36.8 Å². The third-order valence-corrected chi connectivity index (χ3v) is 10.1. The van der Waals surface area contributed by atoms with Gasteiger partial charge in [0.25, 0.3) is 11.8 Å². The van der Waals surface area contributed by atoms with Crippen molar-refractivity contribution >= 4 is 27.5 Å². The number of halogens is 6. The molecule has 3 heterocycles. The monoisotopic (exact) mass is 742 g/mol. The number of benzene rings is 2. The highest BCUT2D eigenvalue weighted by Crippen LogP contribution is 2.45. The second-order valence-corrected chi connectivity index (χ2v) is 16.0. The molecule has 2 amide bonds. The number of fused-ring (bicyclic) bond motifs is 1. The molecule has 0 fully saturated rings. The van der Waals surface area contributed by atoms with E-state index in [9.17, 15) is 31.2 Å². The predicted octanol–water partition coefficient (Wildman–Crippen LogP) is 6.28. The molecule has 51 heavy (non-hydrogen) atoms. The van der Waals surface area contributed by atoms with Crippen molar-refractivity contribution in [2.75, 3.05) is 11.2 Å². The summed E-state index contributed by atoms with van der Waals surface area (Å²) < 4.78 is 122. The van der Waals surface area contributed by atoms with Crippen LogP contribution in [0.5, 0.6) is 0 Å². The van der Waals surface area contributed by atoms with Crippen molar-refractivity contribution in [1.82, 2.24) is 25.3 Å². The molecule has 0 saturated carbocycles. The number of rotatable bonds is 7. The third-order valence-electron chi connectivity index (χ3n) is 8.03. The van der Waals surface area contributed by atoms with Crippen LogP contribution in [-0.4, -0.2) is 58.3 Å². The molecule has 5 rings (SSSR count). The molecule has 274 valence electrons. The van der Waals surface area contributed by atoms with E-state index in [2.05, 4.69) is 20.6 Å². The van der Waals surface area contributed by atoms with Gasteiger partial charge in [-0.05, 0) is 64.4 Å². The maximum Gasteiger partial charge on any atom is 0.419 e. The number of alkyl carbamates (subject to hydrolysis) is 1. The molecule has 1 aliphatic heterocycles. The highest BCUT2D eigenvalue weighted by Gasteiger charge is 2.47. The second kappa shape index (κ2) is 12.7. The van der Waals surface area contributed by atoms with Crippen LogP contribution in [-0.2, 0) is 42.8 Å². The summed E-state index contributed by atoms with van der Waals surface area (Å²) in [6, 6.07) is 5.10. The van der Waals surface area contributed by atoms with Gasteiger partial charge in [0.05, 0.1) is 35.2 Å². The molecule has 1 aliphatic rings. The Hall–Kier alpha value is -4.94. The fraction of sp³-hybridized carbons (Fsp3) is 0.406. The van der Waals surface area contributed by atoms with E-state index in [1.807, 2.05) is 0 Å². The number of alkyl halides is 5. The van der Waals surface area contributed by atoms with E-state index in [-0.39, 0.29) is 5.69 Å². The topological polar surface area (TPSA) is 150 Å². The van der Waals surface area contributed by atoms with Gasteiger partial charge in [0, 0.05) is 24.4 Å². The summed E-state index contributed by atoms with van der Waals surface area (Å²) in [6.45, 7) is 6.69. The molecule has 0 spiro atoms. The maximum absolute atomic E-state index is 16.0. The van der Waals surface area contributed by atoms with Crippen molar-refractivity contribution < 1.29 is 53.5 Å². The first-order chi connectivity index (χ1) is 23.4. The van der Waals surface area contributed by atoms with Crippen LogP contribution in [0.25, 0.3) is 17.1 Å². The van der Waals surface area contributed by atoms with Crippen molar-refractivity contribution in [3.05, 3.63) is 77.2 Å². The lowest BCUT2D eigenvalue weighted by Crippen LogP contribution is -2.49. The minimum absolute atomic E-state index is 0.210. The normalized spacial score (nSPS) is 16.8. The van der Waals surface area contributed by atoms with E-state index in [1.165, 1.54) is 58.9 Å². The molecule has 0 aliphatic carbocycles. The Balaban J connectivity index is 1.59. The summed E-state index contributed by atoms with van der Waals surface area (Å²) >= 11 is 0. The average Bonchev–Trinajstić information content (AvgIpc) is 3.68. The van der Waals surface area contributed by atoms with E-state index in [0.717, 1.165) is 28.1 Å². The van der Waals surface area contributed by atoms with Gasteiger partial charge in [-0.25, -0.2) is 31.1 Å². The van der Waals surface area contributed by atoms with Crippen molar-refractivity contribution in [2.24, 2.45) is 0 Å². The molecular formula is C32H32F6N6O6S. The van der Waals surface area contributed by atoms with Gasteiger partial charge in [0.1, 0.15) is 22.2 Å². The fourth-order valence-corrected chi connectivity index (χ4v) is 5.41. The molecule has 2 aromatic carbocycles. The van der Waals surface area contributed by atoms with Crippen LogP contribution < -0.4 is 10.2 Å². The molecular weight excluding hydrogens is 710 g/mol. The quantitative estimate of drug-likeness (QED) is 0.216. The van der Waals surface area contributed by atoms with Crippen LogP contribution in [0.3, 0.4) is 0 Å². The van der Waals surface area contributed by atoms with Crippen molar-refractivity contribution in [1.29, 1.82) is 0 Å². The highest BCUT2D eigenvalue weighted by molar-refractivity contribution is 7.91. The third kappa shape index (κ3) is 7.72. The minimum atomic E-state index is -4.63. The van der Waals surface area contributed by atoms with Crippen LogP contribution in [0.15, 0.2) is 53.2 Å². The number of sulfone groups is 1. The minimum Gasteiger partial charge on any atom is -0.444 e. The van der Waals surface area contributed by atoms with Crippen LogP contribution in [0, 0.1) is 5.82 Å². The molecule has 1 N–H and O–H groups in total. The maximum atomic E-state index is 16.0. The lowest BCUT2D eigenvalue weighted by Gasteiger charge is -2.27. The molecule has 0 radical (unpaired) electrons. The van der Waals surface area contributed by atoms with Crippen molar-refractivity contribution in [2.45, 2.75) is 76.1 Å². The lowest BCUT2D eigenvalue weighted by atomic mass is 9.99. The summed E-state index contributed by atoms with van der Waals surface area (Å²) in [4.78, 5) is 27.6. The van der Waals surface area contributed by atoms with Gasteiger partial charge < -0.3 is 19.4 Å². The molecule has 0 saturated heterocycles. The number of nitrogens with zero attached hydrogens (tertiary/aromatic N) is 5. The zero-order valence-electron chi connectivity index (χ0n) is 28.0. The fourth-order valence-electron chi connectivity index (χ4n) is 5.01. The van der Waals surface area contributed by atoms with Crippen molar-refractivity contribution in [3.8, 4) is 17.1 Å². The Bertz CT molecular complexity index is 2090. The summed E-state index contributed by atoms with van der Waals surface area (Å²) in [5.74, 6) is -7.17. The number of carbonyl (C=O) groups is 2. The zero-order chi connectivity index (χ0) is 37.9. The number of amides is 2. The molecule has 0 unspecified atom stereocenters. The van der Waals surface area contributed by atoms with Crippen LogP contribution in [0.2, 0.25) is 0 Å². The van der Waals surface area contributed by atoms with E-state index < -0.39 is 103 Å². The van der Waals surface area contributed by atoms with Gasteiger partial charge in [-0.3, -0.25) is 4.79 Å². The SMILES string of the molecule is CC(C)(C)OC(=O)N[C@H]1CC(F)(F)c2cc(F)c(-c3nnc(C(C)(C)S(C)(=O)=O)o3)cc2N(Cc2ccc(-n3cc(C(F)(F)F)cn3)cc2)C1=O. The van der Waals surface area contributed by atoms with Crippen LogP contribution in [0.1, 0.15) is 63.6 Å². The molecule has 12 nitrogen and oxygen atoms in total. The summed E-state index contributed by atoms with van der Waals surface area (Å²) in [6.07, 6.45) is -4.73. The number of anilines is 1. The smallest absolute Gasteiger partial charge is 0.419 e. The van der Waals surface area contributed by atoms with E-state index >= 15 is 13.2 Å². The zero-order valence-corrected chi connectivity index (χ0v) is 28.8. The Labute approximate surface area is 287 Å². The Morgan fingerprint density at radius 3 is 2.29 bits per heavy atom. The Kier molecular flexibility index (Phi) is 9.28. The molecule has 1 atom stereocenters. The second-order valence-electron chi connectivity index (χ2n) is 13.4. The average molecular weight is 743 g/mol. The number of hydrogen-bond donors (Lipinski definition) is 1. The lowest BCUT2D eigenvalue weighted by molar-refractivity contribution is -0.137. The first-order valence-corrected chi connectivity index (χ1v) is 17.0. The van der Waals surface area contributed by atoms with E-state index in [4.69, 9.17) is 9.15 Å². The molecule has 4 aromatic rings. The van der Waals surface area contributed by atoms with Crippen molar-refractivity contribution in [3.63, 3.8) is 0 Å². The summed E-state index contributed by atoms with van der Waals surface area (Å²) in [5, 5.41) is 13.4. The molecule has 2 aromatic heterocycles. The Morgan fingerprint density at radius 1 is 1.08 bits per heavy atom. The van der Waals surface area contributed by atoms with E-state index in [1.54, 1.807) is 0 Å².